The van der Waals surface area contributed by atoms with Gasteiger partial charge in [0.15, 0.2) is 5.11 Å². The van der Waals surface area contributed by atoms with Crippen LogP contribution in [0.1, 0.15) is 37.6 Å². The molecule has 0 atom stereocenters. The van der Waals surface area contributed by atoms with Gasteiger partial charge in [-0.05, 0) is 61.3 Å². The molecule has 4 N–H and O–H groups in total. The zero-order chi connectivity index (χ0) is 18.0. The number of nitrogens with one attached hydrogen (secondary N) is 2. The summed E-state index contributed by atoms with van der Waals surface area (Å²) >= 11 is 6.87. The van der Waals surface area contributed by atoms with E-state index in [1.807, 2.05) is 0 Å². The molecule has 2 aromatic rings. The topological polar surface area (TPSA) is 93.4 Å². The summed E-state index contributed by atoms with van der Waals surface area (Å²) in [6, 6.07) is 6.66. The summed E-state index contributed by atoms with van der Waals surface area (Å²) < 4.78 is 4.92. The summed E-state index contributed by atoms with van der Waals surface area (Å²) in [5.74, 6) is -0.835. The zero-order valence-corrected chi connectivity index (χ0v) is 15.2. The Labute approximate surface area is 154 Å². The molecule has 1 heterocycles. The fourth-order valence-corrected chi connectivity index (χ4v) is 4.36. The normalized spacial score (nSPS) is 12.4. The molecule has 130 valence electrons. The minimum absolute atomic E-state index is 0.351. The average molecular weight is 375 g/mol. The second-order valence-electron chi connectivity index (χ2n) is 5.57. The minimum Gasteiger partial charge on any atom is -0.465 e. The van der Waals surface area contributed by atoms with Crippen molar-refractivity contribution in [3.63, 3.8) is 0 Å². The first-order valence-electron chi connectivity index (χ1n) is 7.70. The van der Waals surface area contributed by atoms with Gasteiger partial charge in [0.25, 0.3) is 0 Å². The lowest BCUT2D eigenvalue weighted by molar-refractivity contribution is 0.0601. The molecule has 0 spiro atoms. The predicted molar refractivity (Wildman–Crippen MR) is 102 cm³/mol. The summed E-state index contributed by atoms with van der Waals surface area (Å²) in [4.78, 5) is 24.4. The Morgan fingerprint density at radius 1 is 1.20 bits per heavy atom. The standard InChI is InChI=1S/C17H17N3O3S2/c1-23-16(22)13-11-3-2-4-12(11)25-15(13)20-17(24)19-10-7-5-9(6-8-10)14(18)21/h5-8H,2-4H2,1H3,(H2,18,21)(H2,19,20,24). The Kier molecular flexibility index (Phi) is 5.00. The van der Waals surface area contributed by atoms with Gasteiger partial charge in [-0.2, -0.15) is 0 Å². The Morgan fingerprint density at radius 3 is 2.56 bits per heavy atom. The fourth-order valence-electron chi connectivity index (χ4n) is 2.79. The van der Waals surface area contributed by atoms with Crippen molar-refractivity contribution in [1.29, 1.82) is 0 Å². The quantitative estimate of drug-likeness (QED) is 0.562. The largest absolute Gasteiger partial charge is 0.465 e. The first kappa shape index (κ1) is 17.4. The van der Waals surface area contributed by atoms with Gasteiger partial charge in [0.1, 0.15) is 5.00 Å². The van der Waals surface area contributed by atoms with E-state index in [2.05, 4.69) is 10.6 Å². The number of aryl methyl sites for hydroxylation is 1. The van der Waals surface area contributed by atoms with Gasteiger partial charge in [0.05, 0.1) is 12.7 Å². The van der Waals surface area contributed by atoms with Gasteiger partial charge in [-0.1, -0.05) is 0 Å². The van der Waals surface area contributed by atoms with Crippen LogP contribution in [-0.4, -0.2) is 24.1 Å². The first-order chi connectivity index (χ1) is 12.0. The highest BCUT2D eigenvalue weighted by Gasteiger charge is 2.27. The molecule has 3 rings (SSSR count). The van der Waals surface area contributed by atoms with Crippen molar-refractivity contribution in [1.82, 2.24) is 0 Å². The number of fused-ring (bicyclic) bond motifs is 1. The maximum Gasteiger partial charge on any atom is 0.341 e. The van der Waals surface area contributed by atoms with E-state index in [0.717, 1.165) is 24.8 Å². The van der Waals surface area contributed by atoms with Gasteiger partial charge in [0, 0.05) is 16.1 Å². The number of methoxy groups -OCH3 is 1. The molecule has 0 unspecified atom stereocenters. The van der Waals surface area contributed by atoms with E-state index in [0.29, 0.717) is 26.9 Å². The van der Waals surface area contributed by atoms with Crippen LogP contribution < -0.4 is 16.4 Å². The van der Waals surface area contributed by atoms with Crippen LogP contribution in [0.5, 0.6) is 0 Å². The van der Waals surface area contributed by atoms with Crippen LogP contribution in [0.15, 0.2) is 24.3 Å². The fraction of sp³-hybridized carbons (Fsp3) is 0.235. The van der Waals surface area contributed by atoms with E-state index in [4.69, 9.17) is 22.7 Å². The molecule has 8 heteroatoms. The van der Waals surface area contributed by atoms with Crippen molar-refractivity contribution in [2.24, 2.45) is 5.73 Å². The lowest BCUT2D eigenvalue weighted by Crippen LogP contribution is -2.20. The van der Waals surface area contributed by atoms with Gasteiger partial charge >= 0.3 is 5.97 Å². The molecule has 0 saturated carbocycles. The smallest absolute Gasteiger partial charge is 0.341 e. The van der Waals surface area contributed by atoms with Gasteiger partial charge in [-0.15, -0.1) is 11.3 Å². The SMILES string of the molecule is COC(=O)c1c(NC(=S)Nc2ccc(C(N)=O)cc2)sc2c1CCC2. The van der Waals surface area contributed by atoms with Crippen LogP contribution in [0.4, 0.5) is 10.7 Å². The lowest BCUT2D eigenvalue weighted by atomic mass is 10.1. The molecule has 25 heavy (non-hydrogen) atoms. The molecule has 0 bridgehead atoms. The molecule has 0 saturated heterocycles. The third-order valence-electron chi connectivity index (χ3n) is 3.97. The first-order valence-corrected chi connectivity index (χ1v) is 8.92. The van der Waals surface area contributed by atoms with E-state index in [1.165, 1.54) is 23.3 Å². The molecule has 6 nitrogen and oxygen atoms in total. The van der Waals surface area contributed by atoms with E-state index >= 15 is 0 Å². The van der Waals surface area contributed by atoms with Crippen LogP contribution in [0.25, 0.3) is 0 Å². The van der Waals surface area contributed by atoms with Crippen molar-refractivity contribution in [2.45, 2.75) is 19.3 Å². The van der Waals surface area contributed by atoms with Crippen molar-refractivity contribution in [2.75, 3.05) is 17.7 Å². The Morgan fingerprint density at radius 2 is 1.92 bits per heavy atom. The van der Waals surface area contributed by atoms with Crippen LogP contribution in [0.3, 0.4) is 0 Å². The van der Waals surface area contributed by atoms with Crippen LogP contribution in [0, 0.1) is 0 Å². The molecule has 1 aromatic carbocycles. The summed E-state index contributed by atoms with van der Waals surface area (Å²) in [5, 5.41) is 7.17. The van der Waals surface area contributed by atoms with Gasteiger partial charge in [-0.3, -0.25) is 4.79 Å². The third-order valence-corrected chi connectivity index (χ3v) is 5.38. The van der Waals surface area contributed by atoms with Gasteiger partial charge in [0.2, 0.25) is 5.91 Å². The second-order valence-corrected chi connectivity index (χ2v) is 7.09. The number of hydrogen-bond donors (Lipinski definition) is 3. The number of nitrogens with two attached hydrogens (primary N) is 1. The number of anilines is 2. The molecular formula is C17H17N3O3S2. The zero-order valence-electron chi connectivity index (χ0n) is 13.5. The monoisotopic (exact) mass is 375 g/mol. The van der Waals surface area contributed by atoms with Crippen LogP contribution in [0.2, 0.25) is 0 Å². The number of thiophene rings is 1. The molecule has 1 aliphatic carbocycles. The minimum atomic E-state index is -0.483. The molecule has 0 radical (unpaired) electrons. The van der Waals surface area contributed by atoms with E-state index < -0.39 is 5.91 Å². The van der Waals surface area contributed by atoms with Gasteiger partial charge in [-0.25, -0.2) is 4.79 Å². The number of amides is 1. The number of esters is 1. The Hall–Kier alpha value is -2.45. The van der Waals surface area contributed by atoms with E-state index in [1.54, 1.807) is 24.3 Å². The number of benzene rings is 1. The molecule has 1 aromatic heterocycles. The summed E-state index contributed by atoms with van der Waals surface area (Å²) in [6.45, 7) is 0. The maximum absolute atomic E-state index is 12.1. The van der Waals surface area contributed by atoms with Crippen LogP contribution >= 0.6 is 23.6 Å². The number of carbonyl (C=O) groups excluding carboxylic acids is 2. The van der Waals surface area contributed by atoms with E-state index in [9.17, 15) is 9.59 Å². The average Bonchev–Trinajstić information content (AvgIpc) is 3.15. The Balaban J connectivity index is 1.75. The highest BCUT2D eigenvalue weighted by molar-refractivity contribution is 7.80. The molecule has 1 amide bonds. The van der Waals surface area contributed by atoms with Crippen molar-refractivity contribution in [3.05, 3.63) is 45.8 Å². The molecular weight excluding hydrogens is 358 g/mol. The summed E-state index contributed by atoms with van der Waals surface area (Å²) in [5.41, 5.74) is 8.00. The van der Waals surface area contributed by atoms with E-state index in [-0.39, 0.29) is 5.97 Å². The number of carbonyl (C=O) groups is 2. The molecule has 0 fully saturated rings. The number of thiocarbonyl (C=S) groups is 1. The maximum atomic E-state index is 12.1. The predicted octanol–water partition coefficient (Wildman–Crippen LogP) is 2.93. The second kappa shape index (κ2) is 7.20. The number of ether oxygens (including phenoxy) is 1. The number of hydrogen-bond acceptors (Lipinski definition) is 5. The van der Waals surface area contributed by atoms with Crippen molar-refractivity contribution >= 4 is 51.2 Å². The molecule has 1 aliphatic rings. The number of primary amides is 1. The highest BCUT2D eigenvalue weighted by atomic mass is 32.1. The van der Waals surface area contributed by atoms with Crippen LogP contribution in [-0.2, 0) is 17.6 Å². The summed E-state index contributed by atoms with van der Waals surface area (Å²) in [6.07, 6.45) is 2.91. The lowest BCUT2D eigenvalue weighted by Gasteiger charge is -2.11. The highest BCUT2D eigenvalue weighted by Crippen LogP contribution is 2.39. The number of rotatable bonds is 4. The van der Waals surface area contributed by atoms with Gasteiger partial charge < -0.3 is 21.1 Å². The molecule has 0 aliphatic heterocycles. The Bertz CT molecular complexity index is 844. The third kappa shape index (κ3) is 3.64. The summed E-state index contributed by atoms with van der Waals surface area (Å²) in [7, 11) is 1.38. The van der Waals surface area contributed by atoms with Crippen molar-refractivity contribution < 1.29 is 14.3 Å². The van der Waals surface area contributed by atoms with Crippen molar-refractivity contribution in [3.8, 4) is 0 Å².